The number of likely N-dealkylation sites (N-methyl/N-ethyl adjacent to an activating group) is 2. The van der Waals surface area contributed by atoms with Crippen molar-refractivity contribution in [2.45, 2.75) is 50.7 Å². The molecule has 0 aliphatic rings. The van der Waals surface area contributed by atoms with Gasteiger partial charge in [0.05, 0.1) is 0 Å². The molecule has 8 nitrogen and oxygen atoms in total. The number of nitrogens with two attached hydrogens (primary N) is 1. The van der Waals surface area contributed by atoms with Crippen LogP contribution in [0.3, 0.4) is 0 Å². The Labute approximate surface area is 253 Å². The zero-order valence-corrected chi connectivity index (χ0v) is 25.3. The van der Waals surface area contributed by atoms with Gasteiger partial charge in [0.2, 0.25) is 11.8 Å². The number of benzene rings is 3. The standard InChI is InChI=1S/C35H41N5O3/c1-35(2,36)20-12-17-32(41)38(3)31(25-27-18-19-28-15-8-9-16-29(28)23-27)34(43)39(4)30(24-26-13-6-5-7-14-26)33(42)37-40-21-10-11-22-40/h5-19,21-23,30-31H,20,24-25,36H2,1-4H3,(H,37,42)/b17-12+/t30-,31-/m1/s1. The van der Waals surface area contributed by atoms with Crippen molar-refractivity contribution < 1.29 is 14.4 Å². The van der Waals surface area contributed by atoms with Crippen molar-refractivity contribution in [3.63, 3.8) is 0 Å². The fourth-order valence-corrected chi connectivity index (χ4v) is 4.96. The molecule has 0 saturated heterocycles. The average molecular weight is 580 g/mol. The van der Waals surface area contributed by atoms with Crippen LogP contribution in [0.25, 0.3) is 10.8 Å². The first kappa shape index (κ1) is 31.3. The highest BCUT2D eigenvalue weighted by atomic mass is 16.2. The molecule has 1 heterocycles. The Balaban J connectivity index is 1.65. The second-order valence-electron chi connectivity index (χ2n) is 11.7. The number of rotatable bonds is 12. The van der Waals surface area contributed by atoms with E-state index < -0.39 is 17.6 Å². The fraction of sp³-hybridized carbons (Fsp3) is 0.286. The van der Waals surface area contributed by atoms with E-state index in [1.165, 1.54) is 15.9 Å². The van der Waals surface area contributed by atoms with Gasteiger partial charge < -0.3 is 15.5 Å². The zero-order chi connectivity index (χ0) is 31.0. The predicted molar refractivity (Wildman–Crippen MR) is 172 cm³/mol. The van der Waals surface area contributed by atoms with Gasteiger partial charge in [0.25, 0.3) is 5.91 Å². The Kier molecular flexibility index (Phi) is 10.2. The van der Waals surface area contributed by atoms with E-state index >= 15 is 0 Å². The minimum atomic E-state index is -0.855. The third kappa shape index (κ3) is 8.66. The van der Waals surface area contributed by atoms with Crippen LogP contribution in [0.5, 0.6) is 0 Å². The smallest absolute Gasteiger partial charge is 0.261 e. The first-order valence-corrected chi connectivity index (χ1v) is 14.5. The molecule has 2 atom stereocenters. The maximum Gasteiger partial charge on any atom is 0.261 e. The van der Waals surface area contributed by atoms with Crippen LogP contribution < -0.4 is 11.2 Å². The van der Waals surface area contributed by atoms with Crippen molar-refractivity contribution in [1.29, 1.82) is 0 Å². The summed E-state index contributed by atoms with van der Waals surface area (Å²) in [6.45, 7) is 3.77. The van der Waals surface area contributed by atoms with Gasteiger partial charge in [0, 0.05) is 44.9 Å². The molecule has 3 N–H and O–H groups in total. The van der Waals surface area contributed by atoms with Crippen LogP contribution in [0.2, 0.25) is 0 Å². The molecule has 0 spiro atoms. The van der Waals surface area contributed by atoms with Crippen LogP contribution in [0.15, 0.2) is 109 Å². The molecule has 1 aromatic heterocycles. The molecule has 43 heavy (non-hydrogen) atoms. The van der Waals surface area contributed by atoms with E-state index in [0.717, 1.165) is 21.9 Å². The van der Waals surface area contributed by atoms with E-state index in [2.05, 4.69) is 5.43 Å². The van der Waals surface area contributed by atoms with Gasteiger partial charge in [-0.2, -0.15) is 0 Å². The van der Waals surface area contributed by atoms with Crippen LogP contribution in [-0.2, 0) is 27.2 Å². The summed E-state index contributed by atoms with van der Waals surface area (Å²) in [5.74, 6) is -0.979. The lowest BCUT2D eigenvalue weighted by atomic mass is 9.98. The van der Waals surface area contributed by atoms with E-state index in [0.29, 0.717) is 12.8 Å². The van der Waals surface area contributed by atoms with Crippen molar-refractivity contribution >= 4 is 28.5 Å². The lowest BCUT2D eigenvalue weighted by Crippen LogP contribution is -2.55. The van der Waals surface area contributed by atoms with Gasteiger partial charge in [-0.3, -0.25) is 24.5 Å². The summed E-state index contributed by atoms with van der Waals surface area (Å²) in [7, 11) is 3.26. The average Bonchev–Trinajstić information content (AvgIpc) is 3.50. The second-order valence-corrected chi connectivity index (χ2v) is 11.7. The monoisotopic (exact) mass is 579 g/mol. The molecule has 0 bridgehead atoms. The maximum absolute atomic E-state index is 14.3. The SMILES string of the molecule is CN(C(=O)/C=C/CC(C)(C)N)[C@H](Cc1ccc2ccccc2c1)C(=O)N(C)[C@H](Cc1ccccc1)C(=O)Nn1cccc1. The molecule has 0 unspecified atom stereocenters. The molecule has 4 aromatic rings. The molecule has 4 rings (SSSR count). The summed E-state index contributed by atoms with van der Waals surface area (Å²) < 4.78 is 1.56. The summed E-state index contributed by atoms with van der Waals surface area (Å²) >= 11 is 0. The van der Waals surface area contributed by atoms with Crippen molar-refractivity contribution in [3.8, 4) is 0 Å². The van der Waals surface area contributed by atoms with E-state index in [-0.39, 0.29) is 24.1 Å². The van der Waals surface area contributed by atoms with Crippen molar-refractivity contribution in [2.75, 3.05) is 19.5 Å². The van der Waals surface area contributed by atoms with Gasteiger partial charge in [-0.25, -0.2) is 0 Å². The lowest BCUT2D eigenvalue weighted by molar-refractivity contribution is -0.145. The summed E-state index contributed by atoms with van der Waals surface area (Å²) in [5.41, 5.74) is 10.3. The highest BCUT2D eigenvalue weighted by molar-refractivity contribution is 5.96. The van der Waals surface area contributed by atoms with Gasteiger partial charge in [0.1, 0.15) is 12.1 Å². The van der Waals surface area contributed by atoms with Gasteiger partial charge in [0.15, 0.2) is 0 Å². The Hall–Kier alpha value is -4.69. The summed E-state index contributed by atoms with van der Waals surface area (Å²) in [6.07, 6.45) is 7.76. The first-order valence-electron chi connectivity index (χ1n) is 14.5. The number of fused-ring (bicyclic) bond motifs is 1. The quantitative estimate of drug-likeness (QED) is 0.241. The van der Waals surface area contributed by atoms with Crippen LogP contribution in [0.4, 0.5) is 0 Å². The van der Waals surface area contributed by atoms with E-state index in [4.69, 9.17) is 5.73 Å². The van der Waals surface area contributed by atoms with Crippen molar-refractivity contribution in [1.82, 2.24) is 14.5 Å². The highest BCUT2D eigenvalue weighted by Gasteiger charge is 2.35. The molecular formula is C35H41N5O3. The first-order chi connectivity index (χ1) is 20.5. The summed E-state index contributed by atoms with van der Waals surface area (Å²) in [4.78, 5) is 44.2. The van der Waals surface area contributed by atoms with Gasteiger partial charge in [-0.15, -0.1) is 0 Å². The van der Waals surface area contributed by atoms with Gasteiger partial charge >= 0.3 is 0 Å². The molecule has 3 amide bonds. The predicted octanol–water partition coefficient (Wildman–Crippen LogP) is 4.53. The zero-order valence-electron chi connectivity index (χ0n) is 25.3. The minimum Gasteiger partial charge on any atom is -0.332 e. The highest BCUT2D eigenvalue weighted by Crippen LogP contribution is 2.20. The molecule has 0 radical (unpaired) electrons. The third-order valence-electron chi connectivity index (χ3n) is 7.48. The topological polar surface area (TPSA) is 101 Å². The Morgan fingerprint density at radius 2 is 1.44 bits per heavy atom. The van der Waals surface area contributed by atoms with Gasteiger partial charge in [-0.05, 0) is 60.4 Å². The summed E-state index contributed by atoms with van der Waals surface area (Å²) in [5, 5.41) is 2.14. The van der Waals surface area contributed by atoms with Crippen LogP contribution in [0.1, 0.15) is 31.4 Å². The minimum absolute atomic E-state index is 0.281. The number of aromatic nitrogens is 1. The molecule has 3 aromatic carbocycles. The number of nitrogens with one attached hydrogen (secondary N) is 1. The molecule has 0 aliphatic carbocycles. The molecule has 0 fully saturated rings. The molecular weight excluding hydrogens is 538 g/mol. The Morgan fingerprint density at radius 1 is 0.814 bits per heavy atom. The molecule has 224 valence electrons. The largest absolute Gasteiger partial charge is 0.332 e. The number of carbonyl (C=O) groups excluding carboxylic acids is 3. The maximum atomic E-state index is 14.3. The Bertz CT molecular complexity index is 1560. The number of hydrogen-bond acceptors (Lipinski definition) is 4. The van der Waals surface area contributed by atoms with E-state index in [9.17, 15) is 14.4 Å². The summed E-state index contributed by atoms with van der Waals surface area (Å²) in [6, 6.07) is 25.6. The fourth-order valence-electron chi connectivity index (χ4n) is 4.96. The molecule has 0 aliphatic heterocycles. The number of hydrogen-bond donors (Lipinski definition) is 2. The third-order valence-corrected chi connectivity index (χ3v) is 7.48. The molecule has 0 saturated carbocycles. The number of amides is 3. The van der Waals surface area contributed by atoms with Crippen LogP contribution >= 0.6 is 0 Å². The van der Waals surface area contributed by atoms with Gasteiger partial charge in [-0.1, -0.05) is 78.9 Å². The second kappa shape index (κ2) is 14.0. The van der Waals surface area contributed by atoms with Crippen molar-refractivity contribution in [2.24, 2.45) is 5.73 Å². The Morgan fingerprint density at radius 3 is 2.12 bits per heavy atom. The van der Waals surface area contributed by atoms with Crippen LogP contribution in [0, 0.1) is 0 Å². The van der Waals surface area contributed by atoms with E-state index in [1.807, 2.05) is 86.6 Å². The normalized spacial score (nSPS) is 13.0. The number of carbonyl (C=O) groups is 3. The molecule has 8 heteroatoms. The van der Waals surface area contributed by atoms with E-state index in [1.54, 1.807) is 49.4 Å². The lowest BCUT2D eigenvalue weighted by Gasteiger charge is -2.34. The number of nitrogens with zero attached hydrogens (tertiary/aromatic N) is 3. The van der Waals surface area contributed by atoms with Crippen molar-refractivity contribution in [3.05, 3.63) is 121 Å². The van der Waals surface area contributed by atoms with Crippen LogP contribution in [-0.4, -0.2) is 63.9 Å².